The molecule has 18 heavy (non-hydrogen) atoms. The normalized spacial score (nSPS) is 11.2. The summed E-state index contributed by atoms with van der Waals surface area (Å²) in [5.74, 6) is -0.606. The monoisotopic (exact) mass is 275 g/mol. The number of nitro groups is 1. The summed E-state index contributed by atoms with van der Waals surface area (Å²) < 4.78 is 26.5. The van der Waals surface area contributed by atoms with E-state index in [0.717, 1.165) is 0 Å². The van der Waals surface area contributed by atoms with Crippen molar-refractivity contribution in [1.82, 2.24) is 4.98 Å². The Morgan fingerprint density at radius 2 is 2.17 bits per heavy atom. The Labute approximate surface area is 104 Å². The smallest absolute Gasteiger partial charge is 0.406 e. The first-order valence-corrected chi connectivity index (χ1v) is 6.76. The second-order valence-electron chi connectivity index (χ2n) is 3.60. The average Bonchev–Trinajstić information content (AvgIpc) is 2.24. The standard InChI is InChI=1S/C9H13N3O5S/c1-7-3-4-8(9(11-7)12(13)14)17-5-2-6-18(10,15)16/h3-4H,2,5-6H2,1H3,(H2,10,15,16). The lowest BCUT2D eigenvalue weighted by Crippen LogP contribution is -2.18. The zero-order valence-corrected chi connectivity index (χ0v) is 10.5. The Kier molecular flexibility index (Phi) is 4.56. The number of hydrogen-bond donors (Lipinski definition) is 1. The summed E-state index contributed by atoms with van der Waals surface area (Å²) in [6, 6.07) is 3.00. The van der Waals surface area contributed by atoms with Crippen molar-refractivity contribution >= 4 is 15.8 Å². The molecule has 100 valence electrons. The number of ether oxygens (including phenoxy) is 1. The van der Waals surface area contributed by atoms with Crippen LogP contribution in [-0.4, -0.2) is 30.7 Å². The van der Waals surface area contributed by atoms with Crippen LogP contribution in [0.2, 0.25) is 0 Å². The predicted octanol–water partition coefficient (Wildman–Crippen LogP) is 0.356. The third kappa shape index (κ3) is 4.63. The predicted molar refractivity (Wildman–Crippen MR) is 63.7 cm³/mol. The maximum Gasteiger partial charge on any atom is 0.406 e. The molecule has 0 spiro atoms. The van der Waals surface area contributed by atoms with E-state index in [0.29, 0.717) is 5.69 Å². The second kappa shape index (κ2) is 5.74. The highest BCUT2D eigenvalue weighted by Gasteiger charge is 2.17. The number of rotatable bonds is 6. The number of primary sulfonamides is 1. The summed E-state index contributed by atoms with van der Waals surface area (Å²) in [7, 11) is -3.54. The SMILES string of the molecule is Cc1ccc(OCCCS(N)(=O)=O)c([N+](=O)[O-])n1. The first-order chi connectivity index (χ1) is 8.29. The average molecular weight is 275 g/mol. The number of pyridine rings is 1. The van der Waals surface area contributed by atoms with Gasteiger partial charge in [-0.25, -0.2) is 13.6 Å². The van der Waals surface area contributed by atoms with E-state index in [1.165, 1.54) is 6.07 Å². The van der Waals surface area contributed by atoms with Gasteiger partial charge in [-0.3, -0.25) is 0 Å². The van der Waals surface area contributed by atoms with Crippen LogP contribution in [-0.2, 0) is 10.0 Å². The zero-order valence-electron chi connectivity index (χ0n) is 9.70. The molecule has 1 aromatic heterocycles. The van der Waals surface area contributed by atoms with Gasteiger partial charge in [-0.05, 0) is 28.5 Å². The van der Waals surface area contributed by atoms with Gasteiger partial charge in [-0.1, -0.05) is 0 Å². The Balaban J connectivity index is 2.65. The molecule has 0 aliphatic heterocycles. The highest BCUT2D eigenvalue weighted by Crippen LogP contribution is 2.24. The Hall–Kier alpha value is -1.74. The molecule has 1 rings (SSSR count). The minimum atomic E-state index is -3.54. The molecule has 8 nitrogen and oxygen atoms in total. The van der Waals surface area contributed by atoms with Crippen LogP contribution in [0.25, 0.3) is 0 Å². The van der Waals surface area contributed by atoms with Crippen molar-refractivity contribution in [3.05, 3.63) is 27.9 Å². The summed E-state index contributed by atoms with van der Waals surface area (Å²) in [5.41, 5.74) is 0.499. The third-order valence-electron chi connectivity index (χ3n) is 1.98. The van der Waals surface area contributed by atoms with Gasteiger partial charge in [-0.2, -0.15) is 0 Å². The van der Waals surface area contributed by atoms with Gasteiger partial charge in [0, 0.05) is 6.92 Å². The number of nitrogens with zero attached hydrogens (tertiary/aromatic N) is 2. The van der Waals surface area contributed by atoms with Gasteiger partial charge in [0.1, 0.15) is 5.69 Å². The second-order valence-corrected chi connectivity index (χ2v) is 5.33. The van der Waals surface area contributed by atoms with Gasteiger partial charge in [0.2, 0.25) is 15.8 Å². The molecule has 0 aliphatic rings. The quantitative estimate of drug-likeness (QED) is 0.453. The fourth-order valence-corrected chi connectivity index (χ4v) is 1.74. The van der Waals surface area contributed by atoms with Gasteiger partial charge in [0.25, 0.3) is 0 Å². The van der Waals surface area contributed by atoms with Crippen molar-refractivity contribution in [2.45, 2.75) is 13.3 Å². The summed E-state index contributed by atoms with van der Waals surface area (Å²) in [6.45, 7) is 1.64. The first-order valence-electron chi connectivity index (χ1n) is 5.05. The third-order valence-corrected chi connectivity index (χ3v) is 2.84. The molecule has 0 atom stereocenters. The first kappa shape index (κ1) is 14.3. The van der Waals surface area contributed by atoms with Crippen molar-refractivity contribution in [2.75, 3.05) is 12.4 Å². The van der Waals surface area contributed by atoms with E-state index in [9.17, 15) is 18.5 Å². The molecule has 0 saturated heterocycles. The van der Waals surface area contributed by atoms with Crippen LogP contribution in [0, 0.1) is 17.0 Å². The highest BCUT2D eigenvalue weighted by atomic mass is 32.2. The van der Waals surface area contributed by atoms with Crippen LogP contribution in [0.1, 0.15) is 12.1 Å². The van der Waals surface area contributed by atoms with E-state index >= 15 is 0 Å². The van der Waals surface area contributed by atoms with Crippen molar-refractivity contribution < 1.29 is 18.1 Å². The van der Waals surface area contributed by atoms with Gasteiger partial charge in [0.15, 0.2) is 0 Å². The van der Waals surface area contributed by atoms with Crippen molar-refractivity contribution in [1.29, 1.82) is 0 Å². The zero-order chi connectivity index (χ0) is 13.8. The van der Waals surface area contributed by atoms with Crippen LogP contribution in [0.4, 0.5) is 5.82 Å². The van der Waals surface area contributed by atoms with Crippen LogP contribution >= 0.6 is 0 Å². The maximum absolute atomic E-state index is 10.7. The lowest BCUT2D eigenvalue weighted by Gasteiger charge is -2.05. The van der Waals surface area contributed by atoms with Gasteiger partial charge in [0.05, 0.1) is 12.4 Å². The van der Waals surface area contributed by atoms with Crippen molar-refractivity contribution in [3.63, 3.8) is 0 Å². The topological polar surface area (TPSA) is 125 Å². The number of aromatic nitrogens is 1. The summed E-state index contributed by atoms with van der Waals surface area (Å²) in [6.07, 6.45) is 0.157. The fraction of sp³-hybridized carbons (Fsp3) is 0.444. The molecule has 1 aromatic rings. The van der Waals surface area contributed by atoms with E-state index in [-0.39, 0.29) is 30.3 Å². The molecule has 2 N–H and O–H groups in total. The number of nitrogens with two attached hydrogens (primary N) is 1. The van der Waals surface area contributed by atoms with E-state index in [1.54, 1.807) is 13.0 Å². The van der Waals surface area contributed by atoms with E-state index in [2.05, 4.69) is 4.98 Å². The minimum absolute atomic E-state index is 0.0139. The highest BCUT2D eigenvalue weighted by molar-refractivity contribution is 7.89. The van der Waals surface area contributed by atoms with E-state index < -0.39 is 14.9 Å². The lowest BCUT2D eigenvalue weighted by atomic mass is 10.3. The van der Waals surface area contributed by atoms with Crippen LogP contribution < -0.4 is 9.88 Å². The van der Waals surface area contributed by atoms with E-state index in [4.69, 9.17) is 9.88 Å². The molecule has 0 aliphatic carbocycles. The van der Waals surface area contributed by atoms with Crippen LogP contribution in [0.5, 0.6) is 5.75 Å². The number of sulfonamides is 1. The molecule has 0 fully saturated rings. The summed E-state index contributed by atoms with van der Waals surface area (Å²) >= 11 is 0. The largest absolute Gasteiger partial charge is 0.486 e. The maximum atomic E-state index is 10.7. The fourth-order valence-electron chi connectivity index (χ4n) is 1.22. The van der Waals surface area contributed by atoms with Crippen molar-refractivity contribution in [3.8, 4) is 5.75 Å². The van der Waals surface area contributed by atoms with Crippen LogP contribution in [0.3, 0.4) is 0 Å². The molecule has 0 unspecified atom stereocenters. The van der Waals surface area contributed by atoms with Crippen LogP contribution in [0.15, 0.2) is 12.1 Å². The van der Waals surface area contributed by atoms with Gasteiger partial charge in [-0.15, -0.1) is 0 Å². The van der Waals surface area contributed by atoms with Crippen molar-refractivity contribution in [2.24, 2.45) is 5.14 Å². The van der Waals surface area contributed by atoms with Gasteiger partial charge < -0.3 is 14.9 Å². The Morgan fingerprint density at radius 1 is 1.50 bits per heavy atom. The van der Waals surface area contributed by atoms with Gasteiger partial charge >= 0.3 is 5.82 Å². The number of aryl methyl sites for hydroxylation is 1. The molecule has 0 radical (unpaired) electrons. The Morgan fingerprint density at radius 3 is 2.72 bits per heavy atom. The molecule has 1 heterocycles. The molecule has 0 saturated carbocycles. The molecule has 0 aromatic carbocycles. The summed E-state index contributed by atoms with van der Waals surface area (Å²) in [4.78, 5) is 13.8. The molecular formula is C9H13N3O5S. The molecule has 9 heteroatoms. The number of hydrogen-bond acceptors (Lipinski definition) is 6. The minimum Gasteiger partial charge on any atom is -0.486 e. The lowest BCUT2D eigenvalue weighted by molar-refractivity contribution is -0.390. The summed E-state index contributed by atoms with van der Waals surface area (Å²) in [5, 5.41) is 15.5. The van der Waals surface area contributed by atoms with E-state index in [1.807, 2.05) is 0 Å². The Bertz CT molecular complexity index is 543. The molecule has 0 amide bonds. The molecule has 0 bridgehead atoms. The molecular weight excluding hydrogens is 262 g/mol.